The lowest BCUT2D eigenvalue weighted by molar-refractivity contribution is 0.105. The molecule has 1 aromatic heterocycles. The van der Waals surface area contributed by atoms with Gasteiger partial charge in [0.1, 0.15) is 0 Å². The second kappa shape index (κ2) is 6.55. The van der Waals surface area contributed by atoms with Gasteiger partial charge in [0.25, 0.3) is 0 Å². The van der Waals surface area contributed by atoms with Crippen LogP contribution in [0.4, 0.5) is 0 Å². The SMILES string of the molecule is COC[C@@H]1CC2(CCN(Cc3ccoc3)CC2)CN1S(C)(=O)=O. The molecular formula is C16H26N2O4S. The summed E-state index contributed by atoms with van der Waals surface area (Å²) in [5.41, 5.74) is 1.31. The number of sulfonamides is 1. The minimum atomic E-state index is -3.18. The molecule has 3 rings (SSSR count). The molecule has 0 saturated carbocycles. The minimum Gasteiger partial charge on any atom is -0.472 e. The Balaban J connectivity index is 1.63. The van der Waals surface area contributed by atoms with Gasteiger partial charge in [-0.1, -0.05) is 0 Å². The maximum Gasteiger partial charge on any atom is 0.211 e. The zero-order valence-electron chi connectivity index (χ0n) is 13.9. The van der Waals surface area contributed by atoms with Crippen molar-refractivity contribution < 1.29 is 17.6 Å². The Labute approximate surface area is 138 Å². The zero-order valence-corrected chi connectivity index (χ0v) is 14.7. The summed E-state index contributed by atoms with van der Waals surface area (Å²) in [6.45, 7) is 4.03. The fourth-order valence-corrected chi connectivity index (χ4v) is 5.22. The monoisotopic (exact) mass is 342 g/mol. The smallest absolute Gasteiger partial charge is 0.211 e. The van der Waals surface area contributed by atoms with E-state index in [1.165, 1.54) is 11.8 Å². The molecule has 1 spiro atoms. The lowest BCUT2D eigenvalue weighted by Crippen LogP contribution is -2.42. The van der Waals surface area contributed by atoms with Crippen LogP contribution in [0.5, 0.6) is 0 Å². The normalized spacial score (nSPS) is 26.1. The Morgan fingerprint density at radius 1 is 1.39 bits per heavy atom. The predicted octanol–water partition coefficient (Wildman–Crippen LogP) is 1.54. The van der Waals surface area contributed by atoms with Crippen molar-refractivity contribution in [1.29, 1.82) is 0 Å². The number of furan rings is 1. The standard InChI is InChI=1S/C16H26N2O4S/c1-21-12-15-9-16(13-18(15)23(2,19)20)4-6-17(7-5-16)10-14-3-8-22-11-14/h3,8,11,15H,4-7,9-10,12-13H2,1-2H3/t15-/m0/s1. The quantitative estimate of drug-likeness (QED) is 0.812. The van der Waals surface area contributed by atoms with E-state index in [4.69, 9.17) is 9.15 Å². The number of methoxy groups -OCH3 is 1. The van der Waals surface area contributed by atoms with Crippen LogP contribution in [0.15, 0.2) is 23.0 Å². The molecule has 23 heavy (non-hydrogen) atoms. The van der Waals surface area contributed by atoms with E-state index < -0.39 is 10.0 Å². The molecule has 0 unspecified atom stereocenters. The summed E-state index contributed by atoms with van der Waals surface area (Å²) in [7, 11) is -1.54. The molecule has 130 valence electrons. The summed E-state index contributed by atoms with van der Waals surface area (Å²) in [6.07, 6.45) is 7.79. The van der Waals surface area contributed by atoms with Gasteiger partial charge in [-0.3, -0.25) is 4.90 Å². The number of piperidine rings is 1. The average molecular weight is 342 g/mol. The van der Waals surface area contributed by atoms with Gasteiger partial charge in [0.2, 0.25) is 10.0 Å². The Morgan fingerprint density at radius 2 is 2.13 bits per heavy atom. The highest BCUT2D eigenvalue weighted by Gasteiger charge is 2.48. The summed E-state index contributed by atoms with van der Waals surface area (Å²) in [6, 6.07) is 1.98. The maximum absolute atomic E-state index is 12.1. The first-order chi connectivity index (χ1) is 10.9. The van der Waals surface area contributed by atoms with Gasteiger partial charge in [-0.15, -0.1) is 0 Å². The van der Waals surface area contributed by atoms with E-state index in [0.717, 1.165) is 38.9 Å². The molecule has 6 nitrogen and oxygen atoms in total. The van der Waals surface area contributed by atoms with Crippen molar-refractivity contribution in [3.05, 3.63) is 24.2 Å². The third kappa shape index (κ3) is 3.79. The van der Waals surface area contributed by atoms with Crippen molar-refractivity contribution in [2.75, 3.05) is 39.6 Å². The Morgan fingerprint density at radius 3 is 2.70 bits per heavy atom. The summed E-state index contributed by atoms with van der Waals surface area (Å²) < 4.78 is 36.2. The second-order valence-corrected chi connectivity index (χ2v) is 8.96. The highest BCUT2D eigenvalue weighted by Crippen LogP contribution is 2.44. The molecule has 0 aromatic carbocycles. The zero-order chi connectivity index (χ0) is 16.5. The second-order valence-electron chi connectivity index (χ2n) is 7.03. The van der Waals surface area contributed by atoms with Gasteiger partial charge >= 0.3 is 0 Å². The van der Waals surface area contributed by atoms with E-state index in [-0.39, 0.29) is 11.5 Å². The first-order valence-corrected chi connectivity index (χ1v) is 9.96. The van der Waals surface area contributed by atoms with Crippen LogP contribution in [0.25, 0.3) is 0 Å². The van der Waals surface area contributed by atoms with E-state index in [0.29, 0.717) is 13.2 Å². The molecule has 1 atom stereocenters. The van der Waals surface area contributed by atoms with Crippen molar-refractivity contribution in [1.82, 2.24) is 9.21 Å². The number of nitrogens with zero attached hydrogens (tertiary/aromatic N) is 2. The third-order valence-electron chi connectivity index (χ3n) is 5.26. The molecule has 0 amide bonds. The van der Waals surface area contributed by atoms with Crippen molar-refractivity contribution in [3.8, 4) is 0 Å². The molecule has 0 N–H and O–H groups in total. The lowest BCUT2D eigenvalue weighted by Gasteiger charge is -2.39. The number of ether oxygens (including phenoxy) is 1. The van der Waals surface area contributed by atoms with E-state index in [1.807, 2.05) is 6.07 Å². The molecule has 0 bridgehead atoms. The Hall–Kier alpha value is -0.890. The van der Waals surface area contributed by atoms with Gasteiger partial charge in [-0.2, -0.15) is 4.31 Å². The number of rotatable bonds is 5. The first kappa shape index (κ1) is 17.0. The van der Waals surface area contributed by atoms with Crippen LogP contribution in [-0.4, -0.2) is 63.3 Å². The van der Waals surface area contributed by atoms with Crippen LogP contribution in [0.2, 0.25) is 0 Å². The summed E-state index contributed by atoms with van der Waals surface area (Å²) in [5, 5.41) is 0. The van der Waals surface area contributed by atoms with E-state index in [1.54, 1.807) is 23.9 Å². The average Bonchev–Trinajstić information content (AvgIpc) is 3.10. The fourth-order valence-electron chi connectivity index (χ4n) is 4.04. The Kier molecular flexibility index (Phi) is 4.83. The third-order valence-corrected chi connectivity index (χ3v) is 6.53. The highest BCUT2D eigenvalue weighted by atomic mass is 32.2. The van der Waals surface area contributed by atoms with E-state index >= 15 is 0 Å². The van der Waals surface area contributed by atoms with Crippen molar-refractivity contribution in [2.45, 2.75) is 31.8 Å². The summed E-state index contributed by atoms with van der Waals surface area (Å²) in [5.74, 6) is 0. The van der Waals surface area contributed by atoms with Crippen LogP contribution in [0.3, 0.4) is 0 Å². The largest absolute Gasteiger partial charge is 0.472 e. The molecular weight excluding hydrogens is 316 g/mol. The molecule has 2 saturated heterocycles. The maximum atomic E-state index is 12.1. The summed E-state index contributed by atoms with van der Waals surface area (Å²) in [4.78, 5) is 2.42. The van der Waals surface area contributed by atoms with E-state index in [2.05, 4.69) is 4.90 Å². The lowest BCUT2D eigenvalue weighted by atomic mass is 9.76. The summed E-state index contributed by atoms with van der Waals surface area (Å²) >= 11 is 0. The van der Waals surface area contributed by atoms with Crippen molar-refractivity contribution in [2.24, 2.45) is 5.41 Å². The number of hydrogen-bond acceptors (Lipinski definition) is 5. The van der Waals surface area contributed by atoms with E-state index in [9.17, 15) is 8.42 Å². The van der Waals surface area contributed by atoms with Gasteiger partial charge in [0.05, 0.1) is 25.4 Å². The molecule has 7 heteroatoms. The van der Waals surface area contributed by atoms with Crippen LogP contribution in [0, 0.1) is 5.41 Å². The fraction of sp³-hybridized carbons (Fsp3) is 0.750. The topological polar surface area (TPSA) is 63.0 Å². The number of likely N-dealkylation sites (tertiary alicyclic amines) is 1. The molecule has 3 heterocycles. The van der Waals surface area contributed by atoms with Crippen LogP contribution < -0.4 is 0 Å². The molecule has 0 aliphatic carbocycles. The van der Waals surface area contributed by atoms with Crippen LogP contribution >= 0.6 is 0 Å². The highest BCUT2D eigenvalue weighted by molar-refractivity contribution is 7.88. The van der Waals surface area contributed by atoms with Gasteiger partial charge in [0.15, 0.2) is 0 Å². The predicted molar refractivity (Wildman–Crippen MR) is 87.5 cm³/mol. The molecule has 1 aromatic rings. The van der Waals surface area contributed by atoms with Gasteiger partial charge in [-0.05, 0) is 43.8 Å². The van der Waals surface area contributed by atoms with Gasteiger partial charge in [-0.25, -0.2) is 8.42 Å². The first-order valence-electron chi connectivity index (χ1n) is 8.11. The van der Waals surface area contributed by atoms with Crippen LogP contribution in [0.1, 0.15) is 24.8 Å². The molecule has 0 radical (unpaired) electrons. The Bertz CT molecular complexity index is 606. The molecule has 2 aliphatic rings. The van der Waals surface area contributed by atoms with Crippen molar-refractivity contribution >= 4 is 10.0 Å². The van der Waals surface area contributed by atoms with Crippen molar-refractivity contribution in [3.63, 3.8) is 0 Å². The van der Waals surface area contributed by atoms with Gasteiger partial charge < -0.3 is 9.15 Å². The minimum absolute atomic E-state index is 0.0181. The number of hydrogen-bond donors (Lipinski definition) is 0. The van der Waals surface area contributed by atoms with Crippen LogP contribution in [-0.2, 0) is 21.3 Å². The van der Waals surface area contributed by atoms with Gasteiger partial charge in [0, 0.05) is 31.8 Å². The molecule has 2 fully saturated rings. The molecule has 2 aliphatic heterocycles.